The molecule has 5 rings (SSSR count). The van der Waals surface area contributed by atoms with Crippen molar-refractivity contribution in [3.63, 3.8) is 0 Å². The number of nitriles is 2. The summed E-state index contributed by atoms with van der Waals surface area (Å²) in [7, 11) is 0. The van der Waals surface area contributed by atoms with Crippen LogP contribution < -0.4 is 15.4 Å². The van der Waals surface area contributed by atoms with Gasteiger partial charge in [0.25, 0.3) is 0 Å². The first-order chi connectivity index (χ1) is 22.8. The lowest BCUT2D eigenvalue weighted by molar-refractivity contribution is -0.146. The third kappa shape index (κ3) is 8.62. The second-order valence-corrected chi connectivity index (χ2v) is 13.8. The summed E-state index contributed by atoms with van der Waals surface area (Å²) in [5.41, 5.74) is 9.74. The number of aromatic nitrogens is 2. The van der Waals surface area contributed by atoms with Crippen LogP contribution in [-0.4, -0.2) is 48.3 Å². The number of halogens is 1. The van der Waals surface area contributed by atoms with Crippen molar-refractivity contribution >= 4 is 46.5 Å². The standard InChI is InChI=1S/C35H35ClN6O3S2/c1-22(2)17-30(39)35(43)45-16-15-44-27-11-7-23(8-12-27)31-28(18-37)32(42-13-3-4-14-42)41-34(29(31)19-38)47-21-26-20-46-33(40-26)24-5-9-25(36)10-6-24/h5-12,20,22,30H,3-4,13-17,21,39H2,1-2H3. The predicted molar refractivity (Wildman–Crippen MR) is 187 cm³/mol. The van der Waals surface area contributed by atoms with E-state index >= 15 is 0 Å². The maximum atomic E-state index is 12.1. The Bertz CT molecular complexity index is 1780. The summed E-state index contributed by atoms with van der Waals surface area (Å²) in [5, 5.41) is 24.9. The molecule has 1 atom stereocenters. The van der Waals surface area contributed by atoms with E-state index in [0.717, 1.165) is 42.2 Å². The average molecular weight is 687 g/mol. The van der Waals surface area contributed by atoms with Gasteiger partial charge in [-0.1, -0.05) is 61.5 Å². The number of benzene rings is 2. The molecule has 0 radical (unpaired) electrons. The Kier molecular flexibility index (Phi) is 11.7. The minimum atomic E-state index is -0.653. The Morgan fingerprint density at radius 3 is 2.36 bits per heavy atom. The van der Waals surface area contributed by atoms with Gasteiger partial charge in [-0.2, -0.15) is 10.5 Å². The molecular weight excluding hydrogens is 652 g/mol. The number of hydrogen-bond acceptors (Lipinski definition) is 11. The molecule has 2 N–H and O–H groups in total. The number of nitrogens with zero attached hydrogens (tertiary/aromatic N) is 5. The molecule has 0 amide bonds. The van der Waals surface area contributed by atoms with Gasteiger partial charge >= 0.3 is 5.97 Å². The van der Waals surface area contributed by atoms with E-state index in [1.807, 2.05) is 55.6 Å². The highest BCUT2D eigenvalue weighted by molar-refractivity contribution is 7.98. The fourth-order valence-electron chi connectivity index (χ4n) is 5.28. The summed E-state index contributed by atoms with van der Waals surface area (Å²) in [6.45, 7) is 5.84. The van der Waals surface area contributed by atoms with Crippen LogP contribution in [0.15, 0.2) is 58.9 Å². The smallest absolute Gasteiger partial charge is 0.323 e. The summed E-state index contributed by atoms with van der Waals surface area (Å²) in [4.78, 5) is 23.9. The highest BCUT2D eigenvalue weighted by atomic mass is 35.5. The second kappa shape index (κ2) is 16.1. The van der Waals surface area contributed by atoms with Crippen LogP contribution >= 0.6 is 34.7 Å². The zero-order chi connectivity index (χ0) is 33.3. The lowest BCUT2D eigenvalue weighted by Crippen LogP contribution is -2.34. The molecule has 1 aliphatic heterocycles. The topological polar surface area (TPSA) is 138 Å². The van der Waals surface area contributed by atoms with Gasteiger partial charge in [-0.15, -0.1) is 11.3 Å². The molecule has 1 unspecified atom stereocenters. The van der Waals surface area contributed by atoms with Crippen molar-refractivity contribution in [2.24, 2.45) is 11.7 Å². The number of carbonyl (C=O) groups is 1. The molecule has 0 bridgehead atoms. The molecule has 1 saturated heterocycles. The van der Waals surface area contributed by atoms with Gasteiger partial charge in [-0.25, -0.2) is 9.97 Å². The Labute approximate surface area is 288 Å². The highest BCUT2D eigenvalue weighted by Crippen LogP contribution is 2.40. The Hall–Kier alpha value is -4.13. The van der Waals surface area contributed by atoms with E-state index in [0.29, 0.717) is 62.0 Å². The molecule has 12 heteroatoms. The molecular formula is C35H35ClN6O3S2. The van der Waals surface area contributed by atoms with Gasteiger partial charge < -0.3 is 20.1 Å². The number of anilines is 1. The molecule has 2 aromatic carbocycles. The van der Waals surface area contributed by atoms with Crippen molar-refractivity contribution in [1.82, 2.24) is 9.97 Å². The molecule has 242 valence electrons. The van der Waals surface area contributed by atoms with Crippen LogP contribution in [0.3, 0.4) is 0 Å². The van der Waals surface area contributed by atoms with Crippen LogP contribution in [0.2, 0.25) is 5.02 Å². The Morgan fingerprint density at radius 1 is 1.02 bits per heavy atom. The minimum absolute atomic E-state index is 0.0772. The van der Waals surface area contributed by atoms with Crippen LogP contribution in [0.4, 0.5) is 5.82 Å². The van der Waals surface area contributed by atoms with E-state index < -0.39 is 12.0 Å². The summed E-state index contributed by atoms with van der Waals surface area (Å²) < 4.78 is 11.0. The van der Waals surface area contributed by atoms with Gasteiger partial charge in [0.1, 0.15) is 58.6 Å². The monoisotopic (exact) mass is 686 g/mol. The van der Waals surface area contributed by atoms with Gasteiger partial charge in [0, 0.05) is 40.4 Å². The third-order valence-electron chi connectivity index (χ3n) is 7.54. The fraction of sp³-hybridized carbons (Fsp3) is 0.343. The Balaban J connectivity index is 1.36. The van der Waals surface area contributed by atoms with Crippen molar-refractivity contribution in [3.05, 3.63) is 75.8 Å². The van der Waals surface area contributed by atoms with Gasteiger partial charge in [0.15, 0.2) is 0 Å². The number of esters is 1. The summed E-state index contributed by atoms with van der Waals surface area (Å²) >= 11 is 9.04. The Morgan fingerprint density at radius 2 is 1.70 bits per heavy atom. The number of thioether (sulfide) groups is 1. The number of nitrogens with two attached hydrogens (primary N) is 1. The first-order valence-electron chi connectivity index (χ1n) is 15.4. The van der Waals surface area contributed by atoms with E-state index in [1.54, 1.807) is 23.5 Å². The zero-order valence-electron chi connectivity index (χ0n) is 26.2. The quantitative estimate of drug-likeness (QED) is 0.0857. The highest BCUT2D eigenvalue weighted by Gasteiger charge is 2.26. The average Bonchev–Trinajstić information content (AvgIpc) is 3.78. The molecule has 3 heterocycles. The lowest BCUT2D eigenvalue weighted by atomic mass is 9.96. The van der Waals surface area contributed by atoms with Crippen molar-refractivity contribution in [1.29, 1.82) is 10.5 Å². The van der Waals surface area contributed by atoms with Crippen LogP contribution in [0.5, 0.6) is 5.75 Å². The van der Waals surface area contributed by atoms with Crippen LogP contribution in [0.1, 0.15) is 49.9 Å². The van der Waals surface area contributed by atoms with E-state index in [1.165, 1.54) is 11.8 Å². The van der Waals surface area contributed by atoms with Crippen molar-refractivity contribution in [2.75, 3.05) is 31.2 Å². The maximum Gasteiger partial charge on any atom is 0.323 e. The largest absolute Gasteiger partial charge is 0.490 e. The zero-order valence-corrected chi connectivity index (χ0v) is 28.6. The SMILES string of the molecule is CC(C)CC(N)C(=O)OCCOc1ccc(-c2c(C#N)c(SCc3csc(-c4ccc(Cl)cc4)n3)nc(N3CCCC3)c2C#N)cc1. The minimum Gasteiger partial charge on any atom is -0.490 e. The number of pyridine rings is 1. The molecule has 1 aliphatic rings. The molecule has 0 spiro atoms. The lowest BCUT2D eigenvalue weighted by Gasteiger charge is -2.22. The first kappa shape index (κ1) is 34.2. The molecule has 0 saturated carbocycles. The molecule has 4 aromatic rings. The number of hydrogen-bond donors (Lipinski definition) is 1. The van der Waals surface area contributed by atoms with Crippen molar-refractivity contribution in [3.8, 4) is 39.6 Å². The summed E-state index contributed by atoms with van der Waals surface area (Å²) in [6, 6.07) is 18.8. The van der Waals surface area contributed by atoms with Crippen LogP contribution in [0.25, 0.3) is 21.7 Å². The molecule has 9 nitrogen and oxygen atoms in total. The molecule has 1 fully saturated rings. The fourth-order valence-corrected chi connectivity index (χ4v) is 7.22. The molecule has 2 aromatic heterocycles. The number of thiazole rings is 1. The molecule has 0 aliphatic carbocycles. The maximum absolute atomic E-state index is 12.1. The second-order valence-electron chi connectivity index (χ2n) is 11.5. The third-order valence-corrected chi connectivity index (χ3v) is 9.74. The molecule has 47 heavy (non-hydrogen) atoms. The van der Waals surface area contributed by atoms with Crippen molar-refractivity contribution in [2.45, 2.75) is 49.9 Å². The predicted octanol–water partition coefficient (Wildman–Crippen LogP) is 7.46. The van der Waals surface area contributed by atoms with Crippen molar-refractivity contribution < 1.29 is 14.3 Å². The van der Waals surface area contributed by atoms with Gasteiger partial charge in [0.2, 0.25) is 0 Å². The van der Waals surface area contributed by atoms with Gasteiger partial charge in [0.05, 0.1) is 11.3 Å². The van der Waals surface area contributed by atoms with Crippen LogP contribution in [0, 0.1) is 28.6 Å². The van der Waals surface area contributed by atoms with E-state index in [4.69, 9.17) is 36.8 Å². The van der Waals surface area contributed by atoms with E-state index in [2.05, 4.69) is 17.0 Å². The first-order valence-corrected chi connectivity index (χ1v) is 17.6. The van der Waals surface area contributed by atoms with Gasteiger partial charge in [-0.3, -0.25) is 4.79 Å². The van der Waals surface area contributed by atoms with E-state index in [-0.39, 0.29) is 13.2 Å². The number of ether oxygens (including phenoxy) is 2. The van der Waals surface area contributed by atoms with Gasteiger partial charge in [-0.05, 0) is 55.0 Å². The summed E-state index contributed by atoms with van der Waals surface area (Å²) in [5.74, 6) is 1.53. The number of carbonyl (C=O) groups excluding carboxylic acids is 1. The van der Waals surface area contributed by atoms with E-state index in [9.17, 15) is 15.3 Å². The summed E-state index contributed by atoms with van der Waals surface area (Å²) in [6.07, 6.45) is 2.59. The normalized spacial score (nSPS) is 13.3. The van der Waals surface area contributed by atoms with Crippen LogP contribution in [-0.2, 0) is 15.3 Å². The number of rotatable bonds is 13.